The Labute approximate surface area is 247 Å². The summed E-state index contributed by atoms with van der Waals surface area (Å²) in [6, 6.07) is 4.16. The zero-order valence-electron chi connectivity index (χ0n) is 23.8. The minimum atomic E-state index is -1.65. The molecular weight excluding hydrogens is 558 g/mol. The molecule has 2 aliphatic carbocycles. The standard InChI is InChI=1S/C32H33NO10/c1-14-25(35)29(39)30(40)32(41-14)43-31-21(11-16-9-10-33-13-16)23-24(28(38)22(31)17-5-3-4-6-17)26(36)19-8-7-18(42-15(2)34)12-20(19)27(23)37/h7-9,12-14,17,25,29-30,32,35,38-40H,3-6,10-11H2,1-2H3/t14-,25+,29+,30+,32+/m0/s1. The molecule has 226 valence electrons. The number of benzene rings is 2. The number of carbonyl (C=O) groups excluding carboxylic acids is 3. The molecule has 0 radical (unpaired) electrons. The lowest BCUT2D eigenvalue weighted by Crippen LogP contribution is -2.58. The van der Waals surface area contributed by atoms with E-state index in [-0.39, 0.29) is 51.8 Å². The maximum Gasteiger partial charge on any atom is 0.308 e. The summed E-state index contributed by atoms with van der Waals surface area (Å²) in [7, 11) is 0. The van der Waals surface area contributed by atoms with Gasteiger partial charge in [-0.25, -0.2) is 0 Å². The number of nitrogens with zero attached hydrogens (tertiary/aromatic N) is 1. The van der Waals surface area contributed by atoms with Crippen LogP contribution in [0.3, 0.4) is 0 Å². The number of allylic oxidation sites excluding steroid dienone is 1. The molecule has 0 bridgehead atoms. The van der Waals surface area contributed by atoms with E-state index in [1.807, 2.05) is 6.08 Å². The number of ketones is 2. The summed E-state index contributed by atoms with van der Waals surface area (Å²) in [6.45, 7) is 3.19. The van der Waals surface area contributed by atoms with Gasteiger partial charge in [0.1, 0.15) is 35.6 Å². The number of phenols is 1. The van der Waals surface area contributed by atoms with Crippen molar-refractivity contribution < 1.29 is 49.0 Å². The van der Waals surface area contributed by atoms with Crippen LogP contribution in [0.15, 0.2) is 34.8 Å². The molecular formula is C32H33NO10. The number of ether oxygens (including phenoxy) is 3. The minimum absolute atomic E-state index is 0.00616. The molecule has 2 heterocycles. The molecule has 5 atom stereocenters. The molecule has 0 aromatic heterocycles. The molecule has 0 amide bonds. The van der Waals surface area contributed by atoms with Crippen LogP contribution >= 0.6 is 0 Å². The molecule has 2 aliphatic heterocycles. The predicted octanol–water partition coefficient (Wildman–Crippen LogP) is 2.51. The second-order valence-corrected chi connectivity index (χ2v) is 11.5. The monoisotopic (exact) mass is 591 g/mol. The topological polar surface area (TPSA) is 172 Å². The second-order valence-electron chi connectivity index (χ2n) is 11.5. The van der Waals surface area contributed by atoms with Gasteiger partial charge in [0.25, 0.3) is 0 Å². The number of aliphatic hydroxyl groups is 3. The first kappa shape index (κ1) is 29.2. The Morgan fingerprint density at radius 2 is 1.74 bits per heavy atom. The van der Waals surface area contributed by atoms with Crippen LogP contribution in [0, 0.1) is 0 Å². The van der Waals surface area contributed by atoms with E-state index in [2.05, 4.69) is 4.99 Å². The number of aromatic hydroxyl groups is 1. The van der Waals surface area contributed by atoms with Gasteiger partial charge >= 0.3 is 5.97 Å². The van der Waals surface area contributed by atoms with Crippen molar-refractivity contribution in [2.45, 2.75) is 82.6 Å². The Kier molecular flexibility index (Phi) is 7.67. The fourth-order valence-corrected chi connectivity index (χ4v) is 6.51. The van der Waals surface area contributed by atoms with Gasteiger partial charge in [0.2, 0.25) is 6.29 Å². The highest BCUT2D eigenvalue weighted by molar-refractivity contribution is 6.30. The summed E-state index contributed by atoms with van der Waals surface area (Å²) in [5.41, 5.74) is 1.28. The van der Waals surface area contributed by atoms with Crippen molar-refractivity contribution in [1.82, 2.24) is 0 Å². The average molecular weight is 592 g/mol. The van der Waals surface area contributed by atoms with Crippen molar-refractivity contribution in [2.75, 3.05) is 6.54 Å². The van der Waals surface area contributed by atoms with E-state index in [0.29, 0.717) is 30.5 Å². The largest absolute Gasteiger partial charge is 0.507 e. The van der Waals surface area contributed by atoms with Crippen molar-refractivity contribution >= 4 is 23.8 Å². The van der Waals surface area contributed by atoms with Gasteiger partial charge in [-0.1, -0.05) is 18.9 Å². The minimum Gasteiger partial charge on any atom is -0.507 e. The first-order valence-corrected chi connectivity index (χ1v) is 14.5. The third-order valence-electron chi connectivity index (χ3n) is 8.66. The number of hydrogen-bond acceptors (Lipinski definition) is 11. The van der Waals surface area contributed by atoms with E-state index >= 15 is 0 Å². The molecule has 4 N–H and O–H groups in total. The number of carbonyl (C=O) groups is 3. The van der Waals surface area contributed by atoms with Crippen LogP contribution in [0.2, 0.25) is 0 Å². The Morgan fingerprint density at radius 1 is 1.02 bits per heavy atom. The summed E-state index contributed by atoms with van der Waals surface area (Å²) in [5, 5.41) is 43.4. The van der Waals surface area contributed by atoms with Gasteiger partial charge in [0.15, 0.2) is 11.6 Å². The number of hydrogen-bond donors (Lipinski definition) is 4. The molecule has 2 aromatic rings. The van der Waals surface area contributed by atoms with Gasteiger partial charge in [0.05, 0.1) is 18.2 Å². The van der Waals surface area contributed by atoms with E-state index in [1.165, 1.54) is 32.0 Å². The maximum atomic E-state index is 14.3. The lowest BCUT2D eigenvalue weighted by atomic mass is 9.76. The summed E-state index contributed by atoms with van der Waals surface area (Å²) in [5.74, 6) is -2.13. The van der Waals surface area contributed by atoms with Crippen LogP contribution in [-0.2, 0) is 16.0 Å². The number of aliphatic hydroxyl groups excluding tert-OH is 3. The summed E-state index contributed by atoms with van der Waals surface area (Å²) < 4.78 is 17.3. The van der Waals surface area contributed by atoms with Crippen molar-refractivity contribution in [3.63, 3.8) is 0 Å². The van der Waals surface area contributed by atoms with Crippen LogP contribution in [0.4, 0.5) is 0 Å². The Morgan fingerprint density at radius 3 is 2.42 bits per heavy atom. The third kappa shape index (κ3) is 5.06. The molecule has 4 aliphatic rings. The summed E-state index contributed by atoms with van der Waals surface area (Å²) >= 11 is 0. The number of fused-ring (bicyclic) bond motifs is 2. The van der Waals surface area contributed by atoms with Crippen LogP contribution < -0.4 is 9.47 Å². The highest BCUT2D eigenvalue weighted by Crippen LogP contribution is 2.51. The van der Waals surface area contributed by atoms with Gasteiger partial charge in [-0.3, -0.25) is 19.4 Å². The van der Waals surface area contributed by atoms with Gasteiger partial charge in [0, 0.05) is 47.4 Å². The Bertz CT molecular complexity index is 1570. The van der Waals surface area contributed by atoms with Gasteiger partial charge in [-0.2, -0.15) is 0 Å². The highest BCUT2D eigenvalue weighted by atomic mass is 16.7. The number of esters is 1. The molecule has 11 nitrogen and oxygen atoms in total. The fourth-order valence-electron chi connectivity index (χ4n) is 6.51. The Hall–Kier alpha value is -3.90. The van der Waals surface area contributed by atoms with Crippen LogP contribution in [0.1, 0.15) is 88.4 Å². The number of phenolic OH excluding ortho intramolecular Hbond substituents is 1. The molecule has 2 fully saturated rings. The summed E-state index contributed by atoms with van der Waals surface area (Å²) in [6.07, 6.45) is -0.123. The van der Waals surface area contributed by atoms with Crippen LogP contribution in [0.25, 0.3) is 0 Å². The van der Waals surface area contributed by atoms with Crippen molar-refractivity contribution in [2.24, 2.45) is 4.99 Å². The molecule has 11 heteroatoms. The third-order valence-corrected chi connectivity index (χ3v) is 8.66. The van der Waals surface area contributed by atoms with E-state index in [4.69, 9.17) is 14.2 Å². The molecule has 43 heavy (non-hydrogen) atoms. The molecule has 0 spiro atoms. The SMILES string of the molecule is CC(=O)Oc1ccc2c(c1)C(=O)c1c(CC3=CCN=C3)c(O[C@H]3O[C@@H](C)[C@@H](O)[C@@H](O)[C@H]3O)c(C3CCCC3)c(O)c1C2=O. The van der Waals surface area contributed by atoms with Crippen LogP contribution in [-0.4, -0.2) is 81.4 Å². The first-order chi connectivity index (χ1) is 20.6. The van der Waals surface area contributed by atoms with Gasteiger partial charge < -0.3 is 34.6 Å². The van der Waals surface area contributed by atoms with Crippen LogP contribution in [0.5, 0.6) is 17.2 Å². The molecule has 6 rings (SSSR count). The van der Waals surface area contributed by atoms with Crippen molar-refractivity contribution in [1.29, 1.82) is 0 Å². The predicted molar refractivity (Wildman–Crippen MR) is 152 cm³/mol. The van der Waals surface area contributed by atoms with E-state index in [0.717, 1.165) is 18.4 Å². The average Bonchev–Trinajstić information content (AvgIpc) is 3.69. The molecule has 2 aromatic carbocycles. The van der Waals surface area contributed by atoms with Gasteiger partial charge in [-0.05, 0) is 49.5 Å². The van der Waals surface area contributed by atoms with E-state index in [9.17, 15) is 34.8 Å². The molecule has 0 unspecified atom stereocenters. The zero-order chi connectivity index (χ0) is 30.6. The normalized spacial score (nSPS) is 26.7. The Balaban J connectivity index is 1.58. The zero-order valence-corrected chi connectivity index (χ0v) is 23.8. The quantitative estimate of drug-likeness (QED) is 0.247. The molecule has 1 saturated carbocycles. The van der Waals surface area contributed by atoms with E-state index in [1.54, 1.807) is 6.21 Å². The fraction of sp³-hybridized carbons (Fsp3) is 0.438. The smallest absolute Gasteiger partial charge is 0.308 e. The number of rotatable bonds is 6. The van der Waals surface area contributed by atoms with Gasteiger partial charge in [-0.15, -0.1) is 0 Å². The number of aliphatic imine (C=N–C) groups is 1. The van der Waals surface area contributed by atoms with Crippen molar-refractivity contribution in [3.05, 3.63) is 63.2 Å². The molecule has 1 saturated heterocycles. The lowest BCUT2D eigenvalue weighted by molar-refractivity contribution is -0.268. The van der Waals surface area contributed by atoms with E-state index < -0.39 is 48.2 Å². The second kappa shape index (κ2) is 11.3. The lowest BCUT2D eigenvalue weighted by Gasteiger charge is -2.40. The summed E-state index contributed by atoms with van der Waals surface area (Å²) in [4.78, 5) is 44.1. The van der Waals surface area contributed by atoms with Crippen molar-refractivity contribution in [3.8, 4) is 17.2 Å². The first-order valence-electron chi connectivity index (χ1n) is 14.5. The highest BCUT2D eigenvalue weighted by Gasteiger charge is 2.46. The maximum absolute atomic E-state index is 14.3.